The Balaban J connectivity index is 1.44. The lowest BCUT2D eigenvalue weighted by Crippen LogP contribution is -2.37. The number of benzene rings is 2. The van der Waals surface area contributed by atoms with Crippen molar-refractivity contribution in [3.63, 3.8) is 0 Å². The molecule has 4 aromatic rings. The fourth-order valence-electron chi connectivity index (χ4n) is 4.10. The normalized spacial score (nSPS) is 17.4. The van der Waals surface area contributed by atoms with Crippen LogP contribution in [0.2, 0.25) is 0 Å². The molecule has 1 atom stereocenters. The van der Waals surface area contributed by atoms with Crippen molar-refractivity contribution in [3.8, 4) is 22.8 Å². The van der Waals surface area contributed by atoms with Crippen LogP contribution in [0.15, 0.2) is 47.2 Å². The van der Waals surface area contributed by atoms with Gasteiger partial charge in [0.1, 0.15) is 0 Å². The fraction of sp³-hybridized carbons (Fsp3) is 0.318. The predicted octanol–water partition coefficient (Wildman–Crippen LogP) is 4.97. The third-order valence-corrected chi connectivity index (χ3v) is 5.66. The Hall–Kier alpha value is -3.15. The van der Waals surface area contributed by atoms with Gasteiger partial charge in [-0.25, -0.2) is 4.98 Å². The van der Waals surface area contributed by atoms with Gasteiger partial charge in [-0.05, 0) is 75.1 Å². The van der Waals surface area contributed by atoms with Crippen LogP contribution in [0, 0.1) is 6.92 Å². The van der Waals surface area contributed by atoms with Crippen LogP contribution in [0.5, 0.6) is 0 Å². The zero-order valence-electron chi connectivity index (χ0n) is 16.1. The number of hydrogen-bond donors (Lipinski definition) is 1. The first-order chi connectivity index (χ1) is 13.7. The molecule has 6 nitrogen and oxygen atoms in total. The molecule has 1 fully saturated rings. The van der Waals surface area contributed by atoms with Crippen LogP contribution < -0.4 is 4.90 Å². The largest absolute Gasteiger partial charge is 0.369 e. The quantitative estimate of drug-likeness (QED) is 0.549. The van der Waals surface area contributed by atoms with E-state index in [0.717, 1.165) is 28.7 Å². The van der Waals surface area contributed by atoms with Crippen molar-refractivity contribution in [2.45, 2.75) is 39.2 Å². The lowest BCUT2D eigenvalue weighted by atomic mass is 10.0. The van der Waals surface area contributed by atoms with Crippen molar-refractivity contribution in [3.05, 3.63) is 48.3 Å². The van der Waals surface area contributed by atoms with Gasteiger partial charge in [-0.15, -0.1) is 0 Å². The average molecular weight is 373 g/mol. The monoisotopic (exact) mass is 373 g/mol. The zero-order valence-corrected chi connectivity index (χ0v) is 16.1. The highest BCUT2D eigenvalue weighted by Crippen LogP contribution is 2.31. The number of aryl methyl sites for hydroxylation is 1. The summed E-state index contributed by atoms with van der Waals surface area (Å²) < 4.78 is 5.56. The Morgan fingerprint density at radius 2 is 2.00 bits per heavy atom. The number of imidazole rings is 1. The van der Waals surface area contributed by atoms with Crippen molar-refractivity contribution in [2.75, 3.05) is 11.4 Å². The van der Waals surface area contributed by atoms with Gasteiger partial charge in [0.05, 0.1) is 17.4 Å². The molecule has 1 aliphatic rings. The summed E-state index contributed by atoms with van der Waals surface area (Å²) in [5, 5.41) is 4.18. The van der Waals surface area contributed by atoms with Crippen molar-refractivity contribution in [1.82, 2.24) is 20.1 Å². The van der Waals surface area contributed by atoms with E-state index in [1.54, 1.807) is 6.33 Å². The molecule has 3 heterocycles. The molecule has 0 saturated carbocycles. The second-order valence-corrected chi connectivity index (χ2v) is 7.60. The van der Waals surface area contributed by atoms with Gasteiger partial charge in [0.15, 0.2) is 0 Å². The fourth-order valence-corrected chi connectivity index (χ4v) is 4.10. The molecule has 0 radical (unpaired) electrons. The van der Waals surface area contributed by atoms with Crippen LogP contribution in [0.1, 0.15) is 31.7 Å². The van der Waals surface area contributed by atoms with Crippen LogP contribution in [0.3, 0.4) is 0 Å². The smallest absolute Gasteiger partial charge is 0.258 e. The molecule has 0 amide bonds. The number of H-pyrrole nitrogens is 1. The maximum atomic E-state index is 5.56. The van der Waals surface area contributed by atoms with E-state index in [9.17, 15) is 0 Å². The van der Waals surface area contributed by atoms with Gasteiger partial charge >= 0.3 is 0 Å². The Kier molecular flexibility index (Phi) is 4.11. The van der Waals surface area contributed by atoms with E-state index in [0.29, 0.717) is 17.8 Å². The van der Waals surface area contributed by atoms with Crippen molar-refractivity contribution in [2.24, 2.45) is 0 Å². The van der Waals surface area contributed by atoms with E-state index in [2.05, 4.69) is 57.1 Å². The summed E-state index contributed by atoms with van der Waals surface area (Å²) in [6.45, 7) is 5.60. The molecule has 5 rings (SSSR count). The molecule has 28 heavy (non-hydrogen) atoms. The molecule has 6 heteroatoms. The predicted molar refractivity (Wildman–Crippen MR) is 110 cm³/mol. The SMILES string of the molecule is Cc1cc(-c2nc(-c3ccc4nc[nH]c4c3)no2)ccc1N1CCCCC1C. The third kappa shape index (κ3) is 2.95. The zero-order chi connectivity index (χ0) is 19.1. The number of nitrogens with one attached hydrogen (secondary N) is 1. The molecule has 0 spiro atoms. The summed E-state index contributed by atoms with van der Waals surface area (Å²) in [5.41, 5.74) is 6.28. The van der Waals surface area contributed by atoms with Gasteiger partial charge in [0, 0.05) is 29.4 Å². The number of rotatable bonds is 3. The minimum atomic E-state index is 0.543. The van der Waals surface area contributed by atoms with Gasteiger partial charge in [0.25, 0.3) is 5.89 Å². The molecule has 142 valence electrons. The minimum absolute atomic E-state index is 0.543. The van der Waals surface area contributed by atoms with Gasteiger partial charge < -0.3 is 14.4 Å². The number of piperidine rings is 1. The summed E-state index contributed by atoms with van der Waals surface area (Å²) in [5.74, 6) is 1.12. The second kappa shape index (κ2) is 6.78. The van der Waals surface area contributed by atoms with E-state index in [4.69, 9.17) is 4.52 Å². The molecule has 2 aromatic heterocycles. The molecule has 2 aromatic carbocycles. The van der Waals surface area contributed by atoms with Crippen LogP contribution in [-0.4, -0.2) is 32.7 Å². The molecule has 1 aliphatic heterocycles. The third-order valence-electron chi connectivity index (χ3n) is 5.66. The van der Waals surface area contributed by atoms with E-state index >= 15 is 0 Å². The maximum absolute atomic E-state index is 5.56. The minimum Gasteiger partial charge on any atom is -0.369 e. The van der Waals surface area contributed by atoms with Crippen LogP contribution in [0.25, 0.3) is 33.9 Å². The average Bonchev–Trinajstić information content (AvgIpc) is 3.37. The Morgan fingerprint density at radius 1 is 1.11 bits per heavy atom. The van der Waals surface area contributed by atoms with Gasteiger partial charge in [-0.2, -0.15) is 4.98 Å². The molecule has 0 aliphatic carbocycles. The highest BCUT2D eigenvalue weighted by molar-refractivity contribution is 5.80. The van der Waals surface area contributed by atoms with E-state index in [1.807, 2.05) is 18.2 Å². The first-order valence-corrected chi connectivity index (χ1v) is 9.84. The highest BCUT2D eigenvalue weighted by Gasteiger charge is 2.21. The topological polar surface area (TPSA) is 70.8 Å². The van der Waals surface area contributed by atoms with E-state index < -0.39 is 0 Å². The number of hydrogen-bond acceptors (Lipinski definition) is 5. The molecule has 1 saturated heterocycles. The first-order valence-electron chi connectivity index (χ1n) is 9.84. The summed E-state index contributed by atoms with van der Waals surface area (Å²) >= 11 is 0. The van der Waals surface area contributed by atoms with Crippen molar-refractivity contribution < 1.29 is 4.52 Å². The van der Waals surface area contributed by atoms with Crippen LogP contribution in [0.4, 0.5) is 5.69 Å². The molecular weight excluding hydrogens is 350 g/mol. The molecule has 1 N–H and O–H groups in total. The number of nitrogens with zero attached hydrogens (tertiary/aromatic N) is 4. The lowest BCUT2D eigenvalue weighted by Gasteiger charge is -2.36. The van der Waals surface area contributed by atoms with Crippen LogP contribution in [-0.2, 0) is 0 Å². The summed E-state index contributed by atoms with van der Waals surface area (Å²) in [4.78, 5) is 14.5. The van der Waals surface area contributed by atoms with Crippen molar-refractivity contribution in [1.29, 1.82) is 0 Å². The number of fused-ring (bicyclic) bond motifs is 1. The number of anilines is 1. The standard InChI is InChI=1S/C22H23N5O/c1-14-11-17(7-9-20(14)27-10-4-3-5-15(27)2)22-25-21(26-28-22)16-6-8-18-19(12-16)24-13-23-18/h6-9,11-13,15H,3-5,10H2,1-2H3,(H,23,24). The second-order valence-electron chi connectivity index (χ2n) is 7.60. The first kappa shape index (κ1) is 17.0. The Morgan fingerprint density at radius 3 is 2.86 bits per heavy atom. The van der Waals surface area contributed by atoms with Gasteiger partial charge in [-0.1, -0.05) is 5.16 Å². The summed E-state index contributed by atoms with van der Waals surface area (Å²) in [7, 11) is 0. The summed E-state index contributed by atoms with van der Waals surface area (Å²) in [6, 6.07) is 12.9. The van der Waals surface area contributed by atoms with E-state index in [1.165, 1.54) is 30.5 Å². The van der Waals surface area contributed by atoms with Crippen LogP contribution >= 0.6 is 0 Å². The van der Waals surface area contributed by atoms with Crippen molar-refractivity contribution >= 4 is 16.7 Å². The molecule has 0 bridgehead atoms. The number of aromatic amines is 1. The van der Waals surface area contributed by atoms with E-state index in [-0.39, 0.29) is 0 Å². The van der Waals surface area contributed by atoms with Gasteiger partial charge in [-0.3, -0.25) is 0 Å². The maximum Gasteiger partial charge on any atom is 0.258 e. The number of aromatic nitrogens is 4. The van der Waals surface area contributed by atoms with Gasteiger partial charge in [0.2, 0.25) is 5.82 Å². The molecular formula is C22H23N5O. The Bertz CT molecular complexity index is 1130. The highest BCUT2D eigenvalue weighted by atomic mass is 16.5. The molecule has 1 unspecified atom stereocenters. The summed E-state index contributed by atoms with van der Waals surface area (Å²) in [6.07, 6.45) is 5.53. The Labute approximate surface area is 163 Å². The lowest BCUT2D eigenvalue weighted by molar-refractivity contribution is 0.432.